The van der Waals surface area contributed by atoms with Crippen molar-refractivity contribution in [3.05, 3.63) is 27.7 Å². The SMILES string of the molecule is CCC(C(N)=S)S(=O)(=O)Nc1cc(Br)ccc1Cl. The Bertz CT molecular complexity index is 563. The highest BCUT2D eigenvalue weighted by Gasteiger charge is 2.27. The van der Waals surface area contributed by atoms with Crippen LogP contribution in [0.4, 0.5) is 5.69 Å². The molecule has 0 heterocycles. The molecule has 0 spiro atoms. The third kappa shape index (κ3) is 3.81. The second-order valence-electron chi connectivity index (χ2n) is 3.57. The lowest BCUT2D eigenvalue weighted by atomic mass is 10.3. The first-order chi connectivity index (χ1) is 8.27. The summed E-state index contributed by atoms with van der Waals surface area (Å²) >= 11 is 13.9. The van der Waals surface area contributed by atoms with E-state index < -0.39 is 15.3 Å². The Kier molecular flexibility index (Phi) is 5.39. The first-order valence-corrected chi connectivity index (χ1v) is 8.16. The standard InChI is InChI=1S/C10H12BrClN2O2S2/c1-2-9(10(13)17)18(15,16)14-8-5-6(11)3-4-7(8)12/h3-5,9,14H,2H2,1H3,(H2,13,17). The van der Waals surface area contributed by atoms with Crippen LogP contribution in [0.5, 0.6) is 0 Å². The van der Waals surface area contributed by atoms with Gasteiger partial charge in [0.15, 0.2) is 0 Å². The fraction of sp³-hybridized carbons (Fsp3) is 0.300. The summed E-state index contributed by atoms with van der Waals surface area (Å²) in [6.45, 7) is 1.70. The van der Waals surface area contributed by atoms with E-state index in [9.17, 15) is 8.42 Å². The van der Waals surface area contributed by atoms with Crippen molar-refractivity contribution in [1.82, 2.24) is 0 Å². The van der Waals surface area contributed by atoms with Gasteiger partial charge in [-0.05, 0) is 24.6 Å². The third-order valence-electron chi connectivity index (χ3n) is 2.24. The van der Waals surface area contributed by atoms with E-state index in [0.29, 0.717) is 21.6 Å². The van der Waals surface area contributed by atoms with Gasteiger partial charge in [-0.2, -0.15) is 0 Å². The van der Waals surface area contributed by atoms with Crippen LogP contribution < -0.4 is 10.5 Å². The Morgan fingerprint density at radius 1 is 1.61 bits per heavy atom. The average molecular weight is 372 g/mol. The summed E-state index contributed by atoms with van der Waals surface area (Å²) in [4.78, 5) is -0.0591. The van der Waals surface area contributed by atoms with Crippen LogP contribution in [0, 0.1) is 0 Å². The first kappa shape index (κ1) is 15.7. The van der Waals surface area contributed by atoms with Crippen molar-refractivity contribution >= 4 is 60.4 Å². The minimum atomic E-state index is -3.69. The molecule has 0 aliphatic carbocycles. The number of rotatable bonds is 5. The predicted molar refractivity (Wildman–Crippen MR) is 82.6 cm³/mol. The number of halogens is 2. The molecule has 4 nitrogen and oxygen atoms in total. The summed E-state index contributed by atoms with van der Waals surface area (Å²) in [6, 6.07) is 4.88. The maximum Gasteiger partial charge on any atom is 0.242 e. The van der Waals surface area contributed by atoms with Gasteiger partial charge in [0.05, 0.1) is 15.7 Å². The molecule has 0 aromatic heterocycles. The fourth-order valence-corrected chi connectivity index (χ4v) is 3.86. The van der Waals surface area contributed by atoms with E-state index in [1.807, 2.05) is 0 Å². The van der Waals surface area contributed by atoms with Crippen LogP contribution in [0.15, 0.2) is 22.7 Å². The van der Waals surface area contributed by atoms with Crippen LogP contribution in [0.3, 0.4) is 0 Å². The molecule has 0 fully saturated rings. The van der Waals surface area contributed by atoms with E-state index >= 15 is 0 Å². The Hall–Kier alpha value is -0.370. The van der Waals surface area contributed by atoms with E-state index in [0.717, 1.165) is 0 Å². The minimum Gasteiger partial charge on any atom is -0.392 e. The van der Waals surface area contributed by atoms with Crippen LogP contribution in [-0.4, -0.2) is 18.7 Å². The van der Waals surface area contributed by atoms with Gasteiger partial charge in [-0.3, -0.25) is 4.72 Å². The number of nitrogens with two attached hydrogens (primary N) is 1. The second-order valence-corrected chi connectivity index (χ2v) is 7.23. The summed E-state index contributed by atoms with van der Waals surface area (Å²) in [5.74, 6) is 0. The molecule has 0 amide bonds. The van der Waals surface area contributed by atoms with Gasteiger partial charge in [0.2, 0.25) is 10.0 Å². The highest BCUT2D eigenvalue weighted by Crippen LogP contribution is 2.27. The number of thiocarbonyl (C=S) groups is 1. The van der Waals surface area contributed by atoms with Crippen molar-refractivity contribution in [2.45, 2.75) is 18.6 Å². The first-order valence-electron chi connectivity index (χ1n) is 5.04. The van der Waals surface area contributed by atoms with Crippen LogP contribution in [-0.2, 0) is 10.0 Å². The van der Waals surface area contributed by atoms with Crippen molar-refractivity contribution in [2.24, 2.45) is 5.73 Å². The number of sulfonamides is 1. The lowest BCUT2D eigenvalue weighted by molar-refractivity contribution is 0.594. The van der Waals surface area contributed by atoms with Crippen molar-refractivity contribution in [3.8, 4) is 0 Å². The van der Waals surface area contributed by atoms with Crippen LogP contribution in [0.1, 0.15) is 13.3 Å². The van der Waals surface area contributed by atoms with Gasteiger partial charge >= 0.3 is 0 Å². The minimum absolute atomic E-state index is 0.0591. The summed E-state index contributed by atoms with van der Waals surface area (Å²) in [7, 11) is -3.69. The zero-order valence-corrected chi connectivity index (χ0v) is 13.5. The summed E-state index contributed by atoms with van der Waals surface area (Å²) < 4.78 is 27.3. The Morgan fingerprint density at radius 2 is 2.22 bits per heavy atom. The number of hydrogen-bond acceptors (Lipinski definition) is 3. The zero-order chi connectivity index (χ0) is 13.9. The molecule has 0 aliphatic heterocycles. The number of hydrogen-bond donors (Lipinski definition) is 2. The highest BCUT2D eigenvalue weighted by molar-refractivity contribution is 9.10. The molecule has 1 unspecified atom stereocenters. The van der Waals surface area contributed by atoms with Crippen molar-refractivity contribution in [2.75, 3.05) is 4.72 Å². The Morgan fingerprint density at radius 3 is 2.72 bits per heavy atom. The molecule has 1 aromatic carbocycles. The molecule has 0 saturated carbocycles. The van der Waals surface area contributed by atoms with Gasteiger partial charge in [0.1, 0.15) is 5.25 Å². The van der Waals surface area contributed by atoms with Gasteiger partial charge in [-0.25, -0.2) is 8.42 Å². The van der Waals surface area contributed by atoms with E-state index in [1.54, 1.807) is 25.1 Å². The lowest BCUT2D eigenvalue weighted by Crippen LogP contribution is -2.37. The number of benzene rings is 1. The van der Waals surface area contributed by atoms with Gasteiger partial charge in [0, 0.05) is 4.47 Å². The third-order valence-corrected chi connectivity index (χ3v) is 5.34. The molecule has 0 aliphatic rings. The number of nitrogens with one attached hydrogen (secondary N) is 1. The summed E-state index contributed by atoms with van der Waals surface area (Å²) in [5, 5.41) is -0.609. The Balaban J connectivity index is 3.09. The summed E-state index contributed by atoms with van der Waals surface area (Å²) in [5.41, 5.74) is 5.72. The molecular weight excluding hydrogens is 360 g/mol. The molecule has 0 bridgehead atoms. The highest BCUT2D eigenvalue weighted by atomic mass is 79.9. The van der Waals surface area contributed by atoms with Crippen LogP contribution in [0.2, 0.25) is 5.02 Å². The van der Waals surface area contributed by atoms with Crippen molar-refractivity contribution < 1.29 is 8.42 Å². The molecule has 1 atom stereocenters. The zero-order valence-electron chi connectivity index (χ0n) is 9.48. The maximum atomic E-state index is 12.1. The van der Waals surface area contributed by atoms with Gasteiger partial charge in [0.25, 0.3) is 0 Å². The molecule has 100 valence electrons. The molecule has 0 saturated heterocycles. The molecular formula is C10H12BrClN2O2S2. The average Bonchev–Trinajstić information content (AvgIpc) is 2.22. The van der Waals surface area contributed by atoms with Gasteiger partial charge < -0.3 is 5.73 Å². The van der Waals surface area contributed by atoms with Crippen LogP contribution >= 0.6 is 39.7 Å². The van der Waals surface area contributed by atoms with E-state index in [1.165, 1.54) is 0 Å². The Labute approximate surface area is 125 Å². The fourth-order valence-electron chi connectivity index (χ4n) is 1.37. The van der Waals surface area contributed by atoms with Gasteiger partial charge in [-0.1, -0.05) is 46.7 Å². The molecule has 3 N–H and O–H groups in total. The smallest absolute Gasteiger partial charge is 0.242 e. The number of anilines is 1. The van der Waals surface area contributed by atoms with E-state index in [-0.39, 0.29) is 4.99 Å². The van der Waals surface area contributed by atoms with Crippen LogP contribution in [0.25, 0.3) is 0 Å². The molecule has 0 radical (unpaired) electrons. The topological polar surface area (TPSA) is 72.2 Å². The summed E-state index contributed by atoms with van der Waals surface area (Å²) in [6.07, 6.45) is 0.302. The van der Waals surface area contributed by atoms with E-state index in [2.05, 4.69) is 20.7 Å². The van der Waals surface area contributed by atoms with E-state index in [4.69, 9.17) is 29.6 Å². The molecule has 8 heteroatoms. The second kappa shape index (κ2) is 6.18. The van der Waals surface area contributed by atoms with Crippen molar-refractivity contribution in [1.29, 1.82) is 0 Å². The lowest BCUT2D eigenvalue weighted by Gasteiger charge is -2.16. The maximum absolute atomic E-state index is 12.1. The largest absolute Gasteiger partial charge is 0.392 e. The van der Waals surface area contributed by atoms with Gasteiger partial charge in [-0.15, -0.1) is 0 Å². The van der Waals surface area contributed by atoms with Crippen molar-refractivity contribution in [3.63, 3.8) is 0 Å². The predicted octanol–water partition coefficient (Wildman–Crippen LogP) is 2.91. The normalized spacial score (nSPS) is 13.1. The molecule has 18 heavy (non-hydrogen) atoms. The monoisotopic (exact) mass is 370 g/mol. The quantitative estimate of drug-likeness (QED) is 0.781. The molecule has 1 aromatic rings. The molecule has 1 rings (SSSR count).